The van der Waals surface area contributed by atoms with E-state index in [1.54, 1.807) is 12.1 Å². The van der Waals surface area contributed by atoms with E-state index in [4.69, 9.17) is 9.47 Å². The minimum absolute atomic E-state index is 0.0110. The van der Waals surface area contributed by atoms with Crippen molar-refractivity contribution in [2.45, 2.75) is 49.1 Å². The fraction of sp³-hybridized carbons (Fsp3) is 0.278. The van der Waals surface area contributed by atoms with Crippen molar-refractivity contribution in [1.82, 2.24) is 19.1 Å². The van der Waals surface area contributed by atoms with Gasteiger partial charge in [-0.3, -0.25) is 48.0 Å². The fourth-order valence-corrected chi connectivity index (χ4v) is 12.5. The van der Waals surface area contributed by atoms with Gasteiger partial charge >= 0.3 is 31.3 Å². The van der Waals surface area contributed by atoms with Crippen molar-refractivity contribution in [2.24, 2.45) is 0 Å². The zero-order chi connectivity index (χ0) is 51.5. The van der Waals surface area contributed by atoms with E-state index < -0.39 is 115 Å². The largest absolute Gasteiger partial charge is 0.490 e. The van der Waals surface area contributed by atoms with Crippen LogP contribution in [0.3, 0.4) is 0 Å². The molecule has 4 unspecified atom stereocenters. The number of nitrogens with zero attached hydrogens (tertiary/aromatic N) is 4. The van der Waals surface area contributed by atoms with Crippen LogP contribution in [0.1, 0.15) is 12.5 Å². The van der Waals surface area contributed by atoms with Crippen molar-refractivity contribution in [3.63, 3.8) is 0 Å². The molecule has 2 aliphatic heterocycles. The Morgan fingerprint density at radius 1 is 0.563 bits per heavy atom. The van der Waals surface area contributed by atoms with E-state index >= 15 is 0 Å². The summed E-state index contributed by atoms with van der Waals surface area (Å²) >= 11 is 0. The number of fused-ring (bicyclic) bond motifs is 2. The second kappa shape index (κ2) is 19.5. The molecule has 6 heterocycles. The van der Waals surface area contributed by atoms with Gasteiger partial charge < -0.3 is 59.4 Å². The summed E-state index contributed by atoms with van der Waals surface area (Å²) in [6, 6.07) is 16.5. The molecule has 4 aromatic heterocycles. The van der Waals surface area contributed by atoms with Crippen LogP contribution in [-0.2, 0) is 49.7 Å². The van der Waals surface area contributed by atoms with Crippen LogP contribution < -0.4 is 11.1 Å². The van der Waals surface area contributed by atoms with Crippen LogP contribution in [0.2, 0.25) is 0 Å². The number of benzene rings is 2. The van der Waals surface area contributed by atoms with Crippen LogP contribution in [-0.4, -0.2) is 119 Å². The third-order valence-electron chi connectivity index (χ3n) is 10.8. The van der Waals surface area contributed by atoms with Gasteiger partial charge in [0.15, 0.2) is 12.5 Å². The second-order valence-electron chi connectivity index (χ2n) is 15.5. The van der Waals surface area contributed by atoms with Gasteiger partial charge in [-0.25, -0.2) is 18.3 Å². The number of hydrogen-bond donors (Lipinski definition) is 10. The molecule has 71 heavy (non-hydrogen) atoms. The lowest BCUT2D eigenvalue weighted by molar-refractivity contribution is -0.385. The minimum Gasteiger partial charge on any atom is -0.387 e. The van der Waals surface area contributed by atoms with Gasteiger partial charge in [0.1, 0.15) is 36.6 Å². The molecule has 2 aliphatic rings. The van der Waals surface area contributed by atoms with Gasteiger partial charge in [0.05, 0.1) is 44.9 Å². The van der Waals surface area contributed by atoms with Gasteiger partial charge in [0, 0.05) is 59.2 Å². The number of aromatic nitrogens is 4. The number of phosphoric ester groups is 2. The smallest absolute Gasteiger partial charge is 0.387 e. The maximum absolute atomic E-state index is 13.5. The number of ether oxygens (including phenoxy) is 2. The van der Waals surface area contributed by atoms with E-state index in [9.17, 15) is 88.1 Å². The van der Waals surface area contributed by atoms with E-state index in [0.29, 0.717) is 22.5 Å². The SMILES string of the molecule is O=c1c2cc(-c3cccc([N+](=O)[O-])c3)[nH]c2ccn1[C@@H]1O[C@H](COP(=O)(O)OP(=O)(O)OP(=O)(O)OP(=O)(O)OC[C@H]2O[C@@H](n3ccc4[nH]c(-c5cccc([N+](=O)[O-])c5)cc4c3=O)[C@H](O)[C@@H]2O)[C@@H](O)[C@H]1O. The summed E-state index contributed by atoms with van der Waals surface area (Å²) in [4.78, 5) is 94.4. The highest BCUT2D eigenvalue weighted by atomic mass is 31.3. The summed E-state index contributed by atoms with van der Waals surface area (Å²) in [5.74, 6) is 0. The maximum atomic E-state index is 13.5. The normalized spacial score (nSPS) is 25.9. The average molecular weight is 1080 g/mol. The Hall–Kier alpha value is -5.46. The van der Waals surface area contributed by atoms with Crippen molar-refractivity contribution in [3.8, 4) is 22.5 Å². The number of aliphatic hydroxyl groups excluding tert-OH is 4. The Morgan fingerprint density at radius 2 is 0.930 bits per heavy atom. The average Bonchev–Trinajstić information content (AvgIpc) is 4.06. The summed E-state index contributed by atoms with van der Waals surface area (Å²) in [6.45, 7) is -2.48. The molecular formula is C36H36N6O25P4. The Balaban J connectivity index is 0.849. The quantitative estimate of drug-likeness (QED) is 0.0336. The van der Waals surface area contributed by atoms with Crippen LogP contribution >= 0.6 is 31.3 Å². The molecule has 10 N–H and O–H groups in total. The van der Waals surface area contributed by atoms with E-state index in [2.05, 4.69) is 31.9 Å². The highest BCUT2D eigenvalue weighted by Crippen LogP contribution is 2.71. The van der Waals surface area contributed by atoms with Gasteiger partial charge in [-0.1, -0.05) is 24.3 Å². The Kier molecular flexibility index (Phi) is 14.3. The van der Waals surface area contributed by atoms with E-state index in [1.165, 1.54) is 60.7 Å². The van der Waals surface area contributed by atoms with Crippen LogP contribution in [0.5, 0.6) is 0 Å². The van der Waals surface area contributed by atoms with Crippen LogP contribution in [0, 0.1) is 20.2 Å². The predicted molar refractivity (Wildman–Crippen MR) is 236 cm³/mol. The van der Waals surface area contributed by atoms with Crippen molar-refractivity contribution in [2.75, 3.05) is 13.2 Å². The molecule has 2 fully saturated rings. The molecular weight excluding hydrogens is 1040 g/mol. The number of nitro groups is 2. The van der Waals surface area contributed by atoms with Crippen LogP contribution in [0.15, 0.2) is 94.8 Å². The Morgan fingerprint density at radius 3 is 1.30 bits per heavy atom. The zero-order valence-electron chi connectivity index (χ0n) is 35.2. The molecule has 6 aromatic rings. The first-order valence-electron chi connectivity index (χ1n) is 20.0. The lowest BCUT2D eigenvalue weighted by Gasteiger charge is -2.21. The van der Waals surface area contributed by atoms with Gasteiger partial charge in [-0.05, 0) is 24.3 Å². The third-order valence-corrected chi connectivity index (χ3v) is 16.7. The molecule has 0 bridgehead atoms. The highest BCUT2D eigenvalue weighted by Gasteiger charge is 2.50. The Bertz CT molecular complexity index is 3180. The van der Waals surface area contributed by atoms with Crippen molar-refractivity contribution >= 4 is 64.5 Å². The number of pyridine rings is 2. The zero-order valence-corrected chi connectivity index (χ0v) is 38.8. The molecule has 2 aromatic carbocycles. The van der Waals surface area contributed by atoms with Crippen molar-refractivity contribution < 1.29 is 99.6 Å². The van der Waals surface area contributed by atoms with Crippen molar-refractivity contribution in [1.29, 1.82) is 0 Å². The van der Waals surface area contributed by atoms with Crippen molar-refractivity contribution in [3.05, 3.63) is 126 Å². The molecule has 380 valence electrons. The van der Waals surface area contributed by atoms with Gasteiger partial charge in [0.25, 0.3) is 22.5 Å². The molecule has 0 radical (unpaired) electrons. The molecule has 0 aliphatic carbocycles. The van der Waals surface area contributed by atoms with E-state index in [-0.39, 0.29) is 33.2 Å². The molecule has 0 amide bonds. The summed E-state index contributed by atoms with van der Waals surface area (Å²) in [7, 11) is -24.5. The first kappa shape index (κ1) is 51.9. The first-order chi connectivity index (χ1) is 33.2. The number of non-ortho nitro benzene ring substituents is 2. The standard InChI is InChI=1S/C36H36N6O25P4/c43-29-27(63-35(31(29)45)39-9-7-23-21(33(39)47)13-25(37-23)17-3-1-5-19(11-17)41(49)50)15-61-68(53,54)65-70(57,58)67-71(59,60)66-69(55,56)62-16-28-30(44)32(46)36(64-28)40-10-8-24-22(34(40)48)14-26(38-24)18-4-2-6-20(12-18)42(51)52/h1-14,27-32,35-38,43-46H,15-16H2,(H,53,54)(H,55,56)(H,57,58)(H,59,60)/t27-,28-,29-,30-,31-,32-,35-,36-/m1/s1. The number of nitrogens with one attached hydrogen (secondary N) is 2. The summed E-state index contributed by atoms with van der Waals surface area (Å²) in [5, 5.41) is 65.2. The number of aromatic amines is 2. The monoisotopic (exact) mass is 1080 g/mol. The summed E-state index contributed by atoms with van der Waals surface area (Å²) in [6.07, 6.45) is -12.4. The fourth-order valence-electron chi connectivity index (χ4n) is 7.56. The molecule has 2 saturated heterocycles. The number of hydrogen-bond acceptors (Lipinski definition) is 21. The van der Waals surface area contributed by atoms with Gasteiger partial charge in [-0.15, -0.1) is 0 Å². The molecule has 31 nitrogen and oxygen atoms in total. The van der Waals surface area contributed by atoms with Gasteiger partial charge in [0.2, 0.25) is 0 Å². The number of aliphatic hydroxyl groups is 4. The van der Waals surface area contributed by atoms with Crippen LogP contribution in [0.25, 0.3) is 44.3 Å². The topological polar surface area (TPSA) is 457 Å². The number of rotatable bonds is 18. The van der Waals surface area contributed by atoms with Crippen LogP contribution in [0.4, 0.5) is 11.4 Å². The minimum atomic E-state index is -6.33. The molecule has 8 rings (SSSR count). The first-order valence-corrected chi connectivity index (χ1v) is 25.9. The van der Waals surface area contributed by atoms with E-state index in [0.717, 1.165) is 21.5 Å². The highest BCUT2D eigenvalue weighted by molar-refractivity contribution is 7.69. The van der Waals surface area contributed by atoms with E-state index in [1.807, 2.05) is 0 Å². The molecule has 0 saturated carbocycles. The lowest BCUT2D eigenvalue weighted by atomic mass is 10.1. The van der Waals surface area contributed by atoms with Gasteiger partial charge in [-0.2, -0.15) is 12.9 Å². The third kappa shape index (κ3) is 11.1. The number of nitro benzene ring substituents is 2. The number of phosphoric acid groups is 4. The molecule has 0 spiro atoms. The second-order valence-corrected chi connectivity index (χ2v) is 21.7. The Labute approximate surface area is 393 Å². The summed E-state index contributed by atoms with van der Waals surface area (Å²) in [5.41, 5.74) is -0.204. The number of H-pyrrole nitrogens is 2. The molecule has 35 heteroatoms. The summed E-state index contributed by atoms with van der Waals surface area (Å²) < 4.78 is 83.9. The molecule has 12 atom stereocenters. The lowest BCUT2D eigenvalue weighted by Crippen LogP contribution is -2.35. The maximum Gasteiger partial charge on any atom is 0.490 e. The predicted octanol–water partition coefficient (Wildman–Crippen LogP) is 2.55.